The van der Waals surface area contributed by atoms with Gasteiger partial charge in [0.15, 0.2) is 12.2 Å². The lowest BCUT2D eigenvalue weighted by atomic mass is 10.2. The molecule has 1 aromatic carbocycles. The van der Waals surface area contributed by atoms with Crippen LogP contribution in [-0.4, -0.2) is 24.9 Å². The summed E-state index contributed by atoms with van der Waals surface area (Å²) in [6.45, 7) is 0.435. The van der Waals surface area contributed by atoms with Gasteiger partial charge in [0, 0.05) is 25.0 Å². The first-order chi connectivity index (χ1) is 13.3. The highest BCUT2D eigenvalue weighted by Crippen LogP contribution is 2.22. The van der Waals surface area contributed by atoms with Crippen LogP contribution in [0.5, 0.6) is 0 Å². The van der Waals surface area contributed by atoms with Crippen molar-refractivity contribution in [3.63, 3.8) is 0 Å². The van der Waals surface area contributed by atoms with E-state index in [1.165, 1.54) is 18.5 Å². The molecule has 0 atom stereocenters. The molecule has 3 heterocycles. The Hall–Kier alpha value is -3.88. The molecule has 2 N–H and O–H groups in total. The molecule has 0 spiro atoms. The molecule has 27 heavy (non-hydrogen) atoms. The second-order valence-corrected chi connectivity index (χ2v) is 5.52. The number of hydrogen-bond acceptors (Lipinski definition) is 8. The number of benzene rings is 1. The van der Waals surface area contributed by atoms with E-state index in [0.29, 0.717) is 35.6 Å². The largest absolute Gasteiger partial charge is 0.442 e. The molecule has 4 aromatic rings. The van der Waals surface area contributed by atoms with Crippen LogP contribution in [0.25, 0.3) is 11.5 Å². The molecule has 0 saturated heterocycles. The average Bonchev–Trinajstić information content (AvgIpc) is 3.23. The maximum absolute atomic E-state index is 13.0. The summed E-state index contributed by atoms with van der Waals surface area (Å²) in [7, 11) is 0. The predicted octanol–water partition coefficient (Wildman–Crippen LogP) is 3.42. The Morgan fingerprint density at radius 3 is 2.59 bits per heavy atom. The fourth-order valence-electron chi connectivity index (χ4n) is 2.34. The van der Waals surface area contributed by atoms with E-state index in [1.54, 1.807) is 43.0 Å². The van der Waals surface area contributed by atoms with Gasteiger partial charge in [0.1, 0.15) is 23.1 Å². The van der Waals surface area contributed by atoms with Crippen molar-refractivity contribution in [3.05, 3.63) is 72.9 Å². The molecule has 0 radical (unpaired) electrons. The van der Waals surface area contributed by atoms with Gasteiger partial charge in [0.05, 0.1) is 12.4 Å². The van der Waals surface area contributed by atoms with Gasteiger partial charge in [-0.2, -0.15) is 4.98 Å². The Labute approximate surface area is 153 Å². The van der Waals surface area contributed by atoms with Gasteiger partial charge < -0.3 is 15.1 Å². The Bertz CT molecular complexity index is 1010. The third-order valence-electron chi connectivity index (χ3n) is 3.59. The molecule has 4 rings (SSSR count). The summed E-state index contributed by atoms with van der Waals surface area (Å²) in [6, 6.07) is 7.93. The van der Waals surface area contributed by atoms with Gasteiger partial charge >= 0.3 is 0 Å². The van der Waals surface area contributed by atoms with Gasteiger partial charge in [-0.25, -0.2) is 19.3 Å². The lowest BCUT2D eigenvalue weighted by Crippen LogP contribution is -2.06. The highest BCUT2D eigenvalue weighted by atomic mass is 19.1. The van der Waals surface area contributed by atoms with Crippen LogP contribution in [0.4, 0.5) is 22.0 Å². The second-order valence-electron chi connectivity index (χ2n) is 5.52. The molecule has 8 nitrogen and oxygen atoms in total. The van der Waals surface area contributed by atoms with Crippen LogP contribution in [-0.2, 0) is 6.54 Å². The first kappa shape index (κ1) is 16.6. The highest BCUT2D eigenvalue weighted by molar-refractivity contribution is 5.62. The quantitative estimate of drug-likeness (QED) is 0.537. The van der Waals surface area contributed by atoms with E-state index in [4.69, 9.17) is 4.42 Å². The van der Waals surface area contributed by atoms with Crippen LogP contribution in [0.15, 0.2) is 65.9 Å². The zero-order chi connectivity index (χ0) is 18.5. The van der Waals surface area contributed by atoms with E-state index in [2.05, 4.69) is 35.6 Å². The predicted molar refractivity (Wildman–Crippen MR) is 96.6 cm³/mol. The number of halogens is 1. The van der Waals surface area contributed by atoms with E-state index < -0.39 is 0 Å². The summed E-state index contributed by atoms with van der Waals surface area (Å²) in [4.78, 5) is 21.0. The Morgan fingerprint density at radius 1 is 0.963 bits per heavy atom. The van der Waals surface area contributed by atoms with Crippen molar-refractivity contribution in [2.45, 2.75) is 6.54 Å². The molecule has 0 fully saturated rings. The van der Waals surface area contributed by atoms with Gasteiger partial charge in [0.2, 0.25) is 5.95 Å². The maximum Gasteiger partial charge on any atom is 0.225 e. The number of nitrogens with zero attached hydrogens (tertiary/aromatic N) is 5. The van der Waals surface area contributed by atoms with Crippen molar-refractivity contribution in [3.8, 4) is 11.5 Å². The SMILES string of the molecule is Fc1ccc(CNc2nc(Nc3cnccn3)cc(-c3cnco3)n2)cc1. The van der Waals surface area contributed by atoms with Crippen LogP contribution in [0.3, 0.4) is 0 Å². The number of hydrogen-bond donors (Lipinski definition) is 2. The molecule has 0 aliphatic carbocycles. The van der Waals surface area contributed by atoms with Crippen molar-refractivity contribution in [2.24, 2.45) is 0 Å². The lowest BCUT2D eigenvalue weighted by molar-refractivity contribution is 0.570. The van der Waals surface area contributed by atoms with Crippen LogP contribution in [0, 0.1) is 5.82 Å². The summed E-state index contributed by atoms with van der Waals surface area (Å²) in [6.07, 6.45) is 7.65. The molecule has 0 bridgehead atoms. The average molecular weight is 363 g/mol. The van der Waals surface area contributed by atoms with Gasteiger partial charge in [-0.3, -0.25) is 4.98 Å². The monoisotopic (exact) mass is 363 g/mol. The van der Waals surface area contributed by atoms with Gasteiger partial charge in [-0.05, 0) is 17.7 Å². The minimum atomic E-state index is -0.280. The molecule has 9 heteroatoms. The van der Waals surface area contributed by atoms with Crippen molar-refractivity contribution >= 4 is 17.6 Å². The van der Waals surface area contributed by atoms with Crippen LogP contribution >= 0.6 is 0 Å². The fourth-order valence-corrected chi connectivity index (χ4v) is 2.34. The smallest absolute Gasteiger partial charge is 0.225 e. The molecular formula is C18H14FN7O. The maximum atomic E-state index is 13.0. The Balaban J connectivity index is 1.60. The summed E-state index contributed by atoms with van der Waals surface area (Å²) in [5.74, 6) is 1.66. The van der Waals surface area contributed by atoms with E-state index in [9.17, 15) is 4.39 Å². The number of aromatic nitrogens is 5. The zero-order valence-corrected chi connectivity index (χ0v) is 14.0. The summed E-state index contributed by atoms with van der Waals surface area (Å²) in [5, 5.41) is 6.20. The van der Waals surface area contributed by atoms with Crippen LogP contribution in [0.1, 0.15) is 5.56 Å². The number of nitrogens with one attached hydrogen (secondary N) is 2. The van der Waals surface area contributed by atoms with Gasteiger partial charge in [-0.1, -0.05) is 12.1 Å². The molecule has 0 saturated carbocycles. The minimum absolute atomic E-state index is 0.280. The van der Waals surface area contributed by atoms with E-state index in [0.717, 1.165) is 5.56 Å². The van der Waals surface area contributed by atoms with E-state index >= 15 is 0 Å². The topological polar surface area (TPSA) is 102 Å². The minimum Gasteiger partial charge on any atom is -0.442 e. The van der Waals surface area contributed by atoms with Crippen LogP contribution < -0.4 is 10.6 Å². The number of anilines is 3. The summed E-state index contributed by atoms with van der Waals surface area (Å²) < 4.78 is 18.4. The summed E-state index contributed by atoms with van der Waals surface area (Å²) >= 11 is 0. The number of oxazole rings is 1. The first-order valence-corrected chi connectivity index (χ1v) is 8.05. The Kier molecular flexibility index (Phi) is 4.64. The van der Waals surface area contributed by atoms with Crippen molar-refractivity contribution in [2.75, 3.05) is 10.6 Å². The first-order valence-electron chi connectivity index (χ1n) is 8.05. The third-order valence-corrected chi connectivity index (χ3v) is 3.59. The van der Waals surface area contributed by atoms with Crippen LogP contribution in [0.2, 0.25) is 0 Å². The van der Waals surface area contributed by atoms with Gasteiger partial charge in [0.25, 0.3) is 0 Å². The van der Waals surface area contributed by atoms with Crippen molar-refractivity contribution in [1.29, 1.82) is 0 Å². The Morgan fingerprint density at radius 2 is 1.85 bits per heavy atom. The number of rotatable bonds is 6. The van der Waals surface area contributed by atoms with E-state index in [-0.39, 0.29) is 5.82 Å². The molecule has 0 aliphatic rings. The third kappa shape index (κ3) is 4.21. The molecule has 3 aromatic heterocycles. The zero-order valence-electron chi connectivity index (χ0n) is 14.0. The highest BCUT2D eigenvalue weighted by Gasteiger charge is 2.10. The van der Waals surface area contributed by atoms with Crippen molar-refractivity contribution < 1.29 is 8.81 Å². The normalized spacial score (nSPS) is 10.6. The molecular weight excluding hydrogens is 349 g/mol. The standard InChI is InChI=1S/C18H14FN7O/c19-13-3-1-12(2-4-13)8-23-18-24-14(15-9-21-11-27-15)7-16(26-18)25-17-10-20-5-6-22-17/h1-7,9-11H,8H2,(H2,22,23,24,25,26). The lowest BCUT2D eigenvalue weighted by Gasteiger charge is -2.10. The van der Waals surface area contributed by atoms with E-state index in [1.807, 2.05) is 0 Å². The molecule has 134 valence electrons. The fraction of sp³-hybridized carbons (Fsp3) is 0.0556. The molecule has 0 unspecified atom stereocenters. The summed E-state index contributed by atoms with van der Waals surface area (Å²) in [5.41, 5.74) is 1.45. The van der Waals surface area contributed by atoms with Gasteiger partial charge in [-0.15, -0.1) is 0 Å². The molecule has 0 amide bonds. The van der Waals surface area contributed by atoms with Crippen molar-refractivity contribution in [1.82, 2.24) is 24.9 Å². The second kappa shape index (κ2) is 7.56. The molecule has 0 aliphatic heterocycles.